The van der Waals surface area contributed by atoms with Gasteiger partial charge in [-0.2, -0.15) is 0 Å². The Labute approximate surface area is 222 Å². The van der Waals surface area contributed by atoms with E-state index in [1.54, 1.807) is 31.3 Å². The first-order valence-corrected chi connectivity index (χ1v) is 13.2. The van der Waals surface area contributed by atoms with Gasteiger partial charge in [-0.1, -0.05) is 43.5 Å². The van der Waals surface area contributed by atoms with Gasteiger partial charge in [0, 0.05) is 24.8 Å². The summed E-state index contributed by atoms with van der Waals surface area (Å²) in [6.07, 6.45) is 5.12. The molecule has 1 aromatic carbocycles. The minimum absolute atomic E-state index is 0.127. The molecule has 3 N–H and O–H groups in total. The van der Waals surface area contributed by atoms with Crippen LogP contribution in [0.25, 0.3) is 0 Å². The van der Waals surface area contributed by atoms with Gasteiger partial charge < -0.3 is 15.7 Å². The normalized spacial score (nSPS) is 18.7. The number of aromatic nitrogens is 1. The number of carbonyl (C=O) groups is 4. The number of nitrogens with one attached hydrogen (secondary N) is 2. The summed E-state index contributed by atoms with van der Waals surface area (Å²) in [6, 6.07) is 9.94. The van der Waals surface area contributed by atoms with Gasteiger partial charge in [0.1, 0.15) is 23.9 Å². The first kappa shape index (κ1) is 27.1. The topological polar surface area (TPSA) is 132 Å². The Bertz CT molecular complexity index is 1170. The summed E-state index contributed by atoms with van der Waals surface area (Å²) in [7, 11) is 0. The van der Waals surface area contributed by atoms with E-state index in [0.29, 0.717) is 17.9 Å². The van der Waals surface area contributed by atoms with Crippen molar-refractivity contribution in [2.45, 2.75) is 70.5 Å². The van der Waals surface area contributed by atoms with Crippen LogP contribution in [-0.2, 0) is 20.8 Å². The maximum Gasteiger partial charge on any atom is 0.407 e. The van der Waals surface area contributed by atoms with Gasteiger partial charge in [0.05, 0.1) is 0 Å². The molecule has 38 heavy (non-hydrogen) atoms. The van der Waals surface area contributed by atoms with Crippen LogP contribution in [0.1, 0.15) is 51.5 Å². The Hall–Kier alpha value is -3.95. The van der Waals surface area contributed by atoms with Crippen LogP contribution >= 0.6 is 0 Å². The van der Waals surface area contributed by atoms with Crippen molar-refractivity contribution in [2.24, 2.45) is 5.92 Å². The number of rotatable bonds is 8. The Balaban J connectivity index is 1.64. The van der Waals surface area contributed by atoms with Gasteiger partial charge >= 0.3 is 6.09 Å². The summed E-state index contributed by atoms with van der Waals surface area (Å²) in [4.78, 5) is 59.5. The number of carboxylic acid groups (broad SMARTS) is 1. The SMILES string of the molecule is CCN(C(=O)O)[C@@H](C)C(=O)N[C@H](C(=O)N1c2ncccc2C[C@H]1C(=O)Nc1ccccc1)C1CCCCC1. The first-order valence-electron chi connectivity index (χ1n) is 13.2. The van der Waals surface area contributed by atoms with Crippen molar-refractivity contribution in [2.75, 3.05) is 16.8 Å². The van der Waals surface area contributed by atoms with E-state index in [0.717, 1.165) is 42.6 Å². The minimum Gasteiger partial charge on any atom is -0.465 e. The molecule has 4 amide bonds. The molecule has 0 unspecified atom stereocenters. The van der Waals surface area contributed by atoms with Gasteiger partial charge in [-0.3, -0.25) is 24.2 Å². The Morgan fingerprint density at radius 3 is 2.45 bits per heavy atom. The third-order valence-electron chi connectivity index (χ3n) is 7.52. The van der Waals surface area contributed by atoms with E-state index in [4.69, 9.17) is 0 Å². The summed E-state index contributed by atoms with van der Waals surface area (Å²) in [5.74, 6) is -0.995. The molecule has 0 bridgehead atoms. The van der Waals surface area contributed by atoms with Crippen molar-refractivity contribution in [1.29, 1.82) is 0 Å². The van der Waals surface area contributed by atoms with E-state index in [1.807, 2.05) is 24.3 Å². The largest absolute Gasteiger partial charge is 0.465 e. The molecule has 2 aliphatic rings. The predicted molar refractivity (Wildman–Crippen MR) is 143 cm³/mol. The van der Waals surface area contributed by atoms with Crippen molar-refractivity contribution < 1.29 is 24.3 Å². The minimum atomic E-state index is -1.20. The average Bonchev–Trinajstić information content (AvgIpc) is 3.32. The standard InChI is InChI=1S/C28H35N5O5/c1-3-32(28(37)38)18(2)25(34)31-23(19-11-6-4-7-12-19)27(36)33-22(17-20-13-10-16-29-24(20)33)26(35)30-21-14-8-5-9-15-21/h5,8-10,13-16,18-19,22-23H,3-4,6-7,11-12,17H2,1-2H3,(H,30,35)(H,31,34)(H,37,38)/t18-,22-,23-/m0/s1. The summed E-state index contributed by atoms with van der Waals surface area (Å²) in [6.45, 7) is 3.31. The zero-order valence-corrected chi connectivity index (χ0v) is 21.8. The number of hydrogen-bond acceptors (Lipinski definition) is 5. The molecule has 202 valence electrons. The smallest absolute Gasteiger partial charge is 0.407 e. The van der Waals surface area contributed by atoms with E-state index in [-0.39, 0.29) is 18.4 Å². The highest BCUT2D eigenvalue weighted by molar-refractivity contribution is 6.09. The van der Waals surface area contributed by atoms with E-state index < -0.39 is 36.0 Å². The molecule has 2 heterocycles. The molecule has 1 aliphatic heterocycles. The van der Waals surface area contributed by atoms with E-state index >= 15 is 0 Å². The number of likely N-dealkylation sites (N-methyl/N-ethyl adjacent to an activating group) is 1. The molecule has 10 heteroatoms. The predicted octanol–water partition coefficient (Wildman–Crippen LogP) is 3.43. The van der Waals surface area contributed by atoms with Crippen LogP contribution in [0.3, 0.4) is 0 Å². The summed E-state index contributed by atoms with van der Waals surface area (Å²) in [5, 5.41) is 15.3. The molecule has 10 nitrogen and oxygen atoms in total. The summed E-state index contributed by atoms with van der Waals surface area (Å²) < 4.78 is 0. The highest BCUT2D eigenvalue weighted by Gasteiger charge is 2.44. The van der Waals surface area contributed by atoms with Crippen LogP contribution < -0.4 is 15.5 Å². The number of carbonyl (C=O) groups excluding carboxylic acids is 3. The molecular formula is C28H35N5O5. The molecule has 1 aliphatic carbocycles. The van der Waals surface area contributed by atoms with Gasteiger partial charge in [0.15, 0.2) is 0 Å². The van der Waals surface area contributed by atoms with Gasteiger partial charge in [-0.05, 0) is 56.4 Å². The second-order valence-electron chi connectivity index (χ2n) is 9.90. The number of nitrogens with zero attached hydrogens (tertiary/aromatic N) is 3. The third kappa shape index (κ3) is 5.79. The number of amides is 4. The fourth-order valence-corrected chi connectivity index (χ4v) is 5.46. The summed E-state index contributed by atoms with van der Waals surface area (Å²) in [5.41, 5.74) is 1.40. The van der Waals surface area contributed by atoms with E-state index in [2.05, 4.69) is 15.6 Å². The Morgan fingerprint density at radius 1 is 1.08 bits per heavy atom. The first-order chi connectivity index (χ1) is 18.3. The summed E-state index contributed by atoms with van der Waals surface area (Å²) >= 11 is 0. The van der Waals surface area contributed by atoms with Crippen LogP contribution in [-0.4, -0.2) is 63.5 Å². The lowest BCUT2D eigenvalue weighted by Gasteiger charge is -2.35. The van der Waals surface area contributed by atoms with Crippen LogP contribution in [0.15, 0.2) is 48.7 Å². The van der Waals surface area contributed by atoms with Gasteiger partial charge in [0.25, 0.3) is 5.91 Å². The average molecular weight is 522 g/mol. The fraction of sp³-hybridized carbons (Fsp3) is 0.464. The second kappa shape index (κ2) is 12.1. The molecular weight excluding hydrogens is 486 g/mol. The van der Waals surface area contributed by atoms with Crippen LogP contribution in [0.5, 0.6) is 0 Å². The van der Waals surface area contributed by atoms with E-state index in [9.17, 15) is 24.3 Å². The maximum absolute atomic E-state index is 14.3. The van der Waals surface area contributed by atoms with Crippen molar-refractivity contribution >= 4 is 35.3 Å². The van der Waals surface area contributed by atoms with E-state index in [1.165, 1.54) is 11.8 Å². The second-order valence-corrected chi connectivity index (χ2v) is 9.90. The van der Waals surface area contributed by atoms with Crippen molar-refractivity contribution in [3.63, 3.8) is 0 Å². The molecule has 1 aromatic heterocycles. The number of anilines is 2. The highest BCUT2D eigenvalue weighted by Crippen LogP contribution is 2.34. The number of benzene rings is 1. The monoisotopic (exact) mass is 521 g/mol. The molecule has 1 fully saturated rings. The number of para-hydroxylation sites is 1. The fourth-order valence-electron chi connectivity index (χ4n) is 5.46. The quantitative estimate of drug-likeness (QED) is 0.488. The zero-order chi connectivity index (χ0) is 27.2. The van der Waals surface area contributed by atoms with Gasteiger partial charge in [-0.15, -0.1) is 0 Å². The number of hydrogen-bond donors (Lipinski definition) is 3. The molecule has 4 rings (SSSR count). The Morgan fingerprint density at radius 2 is 1.79 bits per heavy atom. The molecule has 1 saturated carbocycles. The molecule has 2 aromatic rings. The number of fused-ring (bicyclic) bond motifs is 1. The lowest BCUT2D eigenvalue weighted by atomic mass is 9.83. The zero-order valence-electron chi connectivity index (χ0n) is 21.8. The lowest BCUT2D eigenvalue weighted by Crippen LogP contribution is -2.59. The molecule has 0 radical (unpaired) electrons. The molecule has 3 atom stereocenters. The molecule has 0 spiro atoms. The maximum atomic E-state index is 14.3. The molecule has 0 saturated heterocycles. The van der Waals surface area contributed by atoms with Crippen LogP contribution in [0.2, 0.25) is 0 Å². The van der Waals surface area contributed by atoms with Crippen molar-refractivity contribution in [1.82, 2.24) is 15.2 Å². The van der Waals surface area contributed by atoms with Gasteiger partial charge in [-0.25, -0.2) is 9.78 Å². The third-order valence-corrected chi connectivity index (χ3v) is 7.52. The van der Waals surface area contributed by atoms with Crippen molar-refractivity contribution in [3.8, 4) is 0 Å². The Kier molecular flexibility index (Phi) is 8.60. The van der Waals surface area contributed by atoms with Crippen LogP contribution in [0.4, 0.5) is 16.3 Å². The lowest BCUT2D eigenvalue weighted by molar-refractivity contribution is -0.132. The van der Waals surface area contributed by atoms with Crippen LogP contribution in [0, 0.1) is 5.92 Å². The van der Waals surface area contributed by atoms with Gasteiger partial charge in [0.2, 0.25) is 11.8 Å². The highest BCUT2D eigenvalue weighted by atomic mass is 16.4. The van der Waals surface area contributed by atoms with Crippen molar-refractivity contribution in [3.05, 3.63) is 54.2 Å². The number of pyridine rings is 1.